The maximum absolute atomic E-state index is 12.4. The van der Waals surface area contributed by atoms with E-state index in [1.807, 2.05) is 45.3 Å². The zero-order valence-corrected chi connectivity index (χ0v) is 17.6. The quantitative estimate of drug-likeness (QED) is 0.635. The molecule has 4 rings (SSSR count). The number of carboxylic acids is 1. The van der Waals surface area contributed by atoms with Gasteiger partial charge < -0.3 is 10.0 Å². The van der Waals surface area contributed by atoms with Crippen LogP contribution in [0.25, 0.3) is 5.95 Å². The van der Waals surface area contributed by atoms with Crippen LogP contribution in [0.1, 0.15) is 15.4 Å². The lowest BCUT2D eigenvalue weighted by Crippen LogP contribution is -2.48. The molecule has 1 saturated heterocycles. The molecular formula is C20H20F3N5O3S. The number of amides is 1. The van der Waals surface area contributed by atoms with Gasteiger partial charge in [0.2, 0.25) is 5.95 Å². The first-order valence-corrected chi connectivity index (χ1v) is 10.4. The maximum atomic E-state index is 12.4. The molecule has 3 aromatic rings. The Hall–Kier alpha value is -3.25. The minimum Gasteiger partial charge on any atom is -0.475 e. The molecule has 0 saturated carbocycles. The van der Waals surface area contributed by atoms with Gasteiger partial charge in [-0.05, 0) is 29.6 Å². The SMILES string of the molecule is O=C(O)C(F)(F)F.O=C(c1cccs1)N1CCN(Cc2cccn2-c2ncccn2)CC1. The molecular weight excluding hydrogens is 447 g/mol. The lowest BCUT2D eigenvalue weighted by atomic mass is 10.2. The Morgan fingerprint density at radius 3 is 2.25 bits per heavy atom. The number of alkyl halides is 3. The van der Waals surface area contributed by atoms with Crippen molar-refractivity contribution in [1.82, 2.24) is 24.3 Å². The molecule has 1 N–H and O–H groups in total. The number of carbonyl (C=O) groups is 2. The molecule has 170 valence electrons. The van der Waals surface area contributed by atoms with Gasteiger partial charge in [0.25, 0.3) is 5.91 Å². The third-order valence-corrected chi connectivity index (χ3v) is 5.48. The topological polar surface area (TPSA) is 91.6 Å². The third-order valence-electron chi connectivity index (χ3n) is 4.62. The van der Waals surface area contributed by atoms with Crippen LogP contribution in [0.4, 0.5) is 13.2 Å². The number of carbonyl (C=O) groups excluding carboxylic acids is 1. The fraction of sp³-hybridized carbons (Fsp3) is 0.300. The van der Waals surface area contributed by atoms with Crippen LogP contribution in [-0.4, -0.2) is 73.7 Å². The molecule has 0 bridgehead atoms. The molecule has 0 aromatic carbocycles. The normalized spacial score (nSPS) is 14.5. The van der Waals surface area contributed by atoms with Crippen molar-refractivity contribution in [3.05, 3.63) is 64.9 Å². The van der Waals surface area contributed by atoms with Gasteiger partial charge in [-0.1, -0.05) is 6.07 Å². The lowest BCUT2D eigenvalue weighted by Gasteiger charge is -2.34. The smallest absolute Gasteiger partial charge is 0.475 e. The number of thiophene rings is 1. The Labute approximate surface area is 185 Å². The molecule has 3 aromatic heterocycles. The number of hydrogen-bond donors (Lipinski definition) is 1. The van der Waals surface area contributed by atoms with E-state index in [0.29, 0.717) is 5.95 Å². The fourth-order valence-electron chi connectivity index (χ4n) is 3.05. The monoisotopic (exact) mass is 467 g/mol. The predicted molar refractivity (Wildman–Crippen MR) is 111 cm³/mol. The average molecular weight is 467 g/mol. The van der Waals surface area contributed by atoms with Gasteiger partial charge >= 0.3 is 12.1 Å². The number of nitrogens with zero attached hydrogens (tertiary/aromatic N) is 5. The van der Waals surface area contributed by atoms with Gasteiger partial charge in [-0.2, -0.15) is 13.2 Å². The van der Waals surface area contributed by atoms with Crippen molar-refractivity contribution in [2.45, 2.75) is 12.7 Å². The van der Waals surface area contributed by atoms with Crippen molar-refractivity contribution in [3.63, 3.8) is 0 Å². The largest absolute Gasteiger partial charge is 0.490 e. The van der Waals surface area contributed by atoms with Crippen LogP contribution in [0.3, 0.4) is 0 Å². The van der Waals surface area contributed by atoms with Crippen LogP contribution < -0.4 is 0 Å². The number of aromatic nitrogens is 3. The number of hydrogen-bond acceptors (Lipinski definition) is 6. The van der Waals surface area contributed by atoms with Gasteiger partial charge in [-0.15, -0.1) is 11.3 Å². The van der Waals surface area contributed by atoms with E-state index in [2.05, 4.69) is 20.9 Å². The number of aliphatic carboxylic acids is 1. The highest BCUT2D eigenvalue weighted by Crippen LogP contribution is 2.16. The van der Waals surface area contributed by atoms with Gasteiger partial charge in [0.05, 0.1) is 4.88 Å². The summed E-state index contributed by atoms with van der Waals surface area (Å²) in [6.45, 7) is 4.10. The molecule has 0 radical (unpaired) electrons. The standard InChI is InChI=1S/C18H19N5OS.C2HF3O2/c24-17(16-5-2-13-25-16)22-11-9-21(10-12-22)14-15-4-1-8-23(15)18-19-6-3-7-20-18;3-2(4,5)1(6)7/h1-8,13H,9-12,14H2;(H,6,7). The molecule has 8 nitrogen and oxygen atoms in total. The number of halogens is 3. The zero-order chi connectivity index (χ0) is 23.1. The summed E-state index contributed by atoms with van der Waals surface area (Å²) in [7, 11) is 0. The van der Waals surface area contributed by atoms with E-state index in [4.69, 9.17) is 9.90 Å². The number of rotatable bonds is 4. The zero-order valence-electron chi connectivity index (χ0n) is 16.8. The second kappa shape index (κ2) is 10.4. The summed E-state index contributed by atoms with van der Waals surface area (Å²) in [5, 5.41) is 9.07. The van der Waals surface area contributed by atoms with E-state index in [1.54, 1.807) is 12.4 Å². The number of piperazine rings is 1. The second-order valence-corrected chi connectivity index (χ2v) is 7.71. The summed E-state index contributed by atoms with van der Waals surface area (Å²) >= 11 is 1.51. The minimum atomic E-state index is -5.08. The lowest BCUT2D eigenvalue weighted by molar-refractivity contribution is -0.192. The Balaban J connectivity index is 0.000000360. The van der Waals surface area contributed by atoms with Crippen LogP contribution in [0, 0.1) is 0 Å². The number of carboxylic acid groups (broad SMARTS) is 1. The molecule has 0 aliphatic carbocycles. The van der Waals surface area contributed by atoms with Gasteiger partial charge in [0.15, 0.2) is 0 Å². The molecule has 0 atom stereocenters. The van der Waals surface area contributed by atoms with Gasteiger partial charge in [0.1, 0.15) is 0 Å². The van der Waals surface area contributed by atoms with E-state index >= 15 is 0 Å². The van der Waals surface area contributed by atoms with Gasteiger partial charge in [-0.25, -0.2) is 14.8 Å². The Bertz CT molecular complexity index is 1020. The van der Waals surface area contributed by atoms with E-state index in [0.717, 1.165) is 43.3 Å². The first kappa shape index (κ1) is 23.4. The summed E-state index contributed by atoms with van der Waals surface area (Å²) in [6, 6.07) is 9.75. The average Bonchev–Trinajstić information content (AvgIpc) is 3.47. The van der Waals surface area contributed by atoms with Crippen molar-refractivity contribution < 1.29 is 27.9 Å². The maximum Gasteiger partial charge on any atom is 0.490 e. The first-order valence-electron chi connectivity index (χ1n) is 9.54. The van der Waals surface area contributed by atoms with Crippen molar-refractivity contribution >= 4 is 23.2 Å². The third kappa shape index (κ3) is 6.14. The summed E-state index contributed by atoms with van der Waals surface area (Å²) in [5.74, 6) is -1.92. The van der Waals surface area contributed by atoms with Gasteiger partial charge in [-0.3, -0.25) is 14.3 Å². The Morgan fingerprint density at radius 1 is 1.03 bits per heavy atom. The summed E-state index contributed by atoms with van der Waals surface area (Å²) < 4.78 is 33.8. The molecule has 1 amide bonds. The second-order valence-electron chi connectivity index (χ2n) is 6.77. The van der Waals surface area contributed by atoms with Gasteiger partial charge in [0, 0.05) is 57.0 Å². The molecule has 32 heavy (non-hydrogen) atoms. The summed E-state index contributed by atoms with van der Waals surface area (Å²) in [6.07, 6.45) is 0.406. The first-order chi connectivity index (χ1) is 15.3. The molecule has 1 aliphatic heterocycles. The molecule has 4 heterocycles. The van der Waals surface area contributed by atoms with Crippen LogP contribution in [-0.2, 0) is 11.3 Å². The van der Waals surface area contributed by atoms with Crippen molar-refractivity contribution in [2.75, 3.05) is 26.2 Å². The molecule has 1 aliphatic rings. The molecule has 12 heteroatoms. The summed E-state index contributed by atoms with van der Waals surface area (Å²) in [5.41, 5.74) is 1.16. The minimum absolute atomic E-state index is 0.149. The van der Waals surface area contributed by atoms with E-state index in [1.165, 1.54) is 11.3 Å². The van der Waals surface area contributed by atoms with Crippen LogP contribution in [0.2, 0.25) is 0 Å². The highest BCUT2D eigenvalue weighted by Gasteiger charge is 2.38. The summed E-state index contributed by atoms with van der Waals surface area (Å²) in [4.78, 5) is 35.1. The Morgan fingerprint density at radius 2 is 1.69 bits per heavy atom. The highest BCUT2D eigenvalue weighted by atomic mass is 32.1. The van der Waals surface area contributed by atoms with Crippen molar-refractivity contribution in [1.29, 1.82) is 0 Å². The van der Waals surface area contributed by atoms with E-state index in [9.17, 15) is 18.0 Å². The van der Waals surface area contributed by atoms with Crippen LogP contribution >= 0.6 is 11.3 Å². The molecule has 0 unspecified atom stereocenters. The predicted octanol–water partition coefficient (Wildman–Crippen LogP) is 2.92. The van der Waals surface area contributed by atoms with Crippen LogP contribution in [0.15, 0.2) is 54.3 Å². The van der Waals surface area contributed by atoms with E-state index in [-0.39, 0.29) is 5.91 Å². The molecule has 1 fully saturated rings. The van der Waals surface area contributed by atoms with E-state index < -0.39 is 12.1 Å². The fourth-order valence-corrected chi connectivity index (χ4v) is 3.74. The highest BCUT2D eigenvalue weighted by molar-refractivity contribution is 7.12. The van der Waals surface area contributed by atoms with Crippen molar-refractivity contribution in [2.24, 2.45) is 0 Å². The van der Waals surface area contributed by atoms with Crippen LogP contribution in [0.5, 0.6) is 0 Å². The van der Waals surface area contributed by atoms with Crippen molar-refractivity contribution in [3.8, 4) is 5.95 Å². The molecule has 0 spiro atoms. The Kier molecular flexibility index (Phi) is 7.59.